The van der Waals surface area contributed by atoms with Gasteiger partial charge in [-0.2, -0.15) is 0 Å². The van der Waals surface area contributed by atoms with Crippen molar-refractivity contribution in [3.8, 4) is 0 Å². The monoisotopic (exact) mass is 297 g/mol. The highest BCUT2D eigenvalue weighted by Gasteiger charge is 2.21. The molecule has 3 N–H and O–H groups in total. The molecule has 1 rings (SSSR count). The van der Waals surface area contributed by atoms with Crippen LogP contribution >= 0.6 is 0 Å². The summed E-state index contributed by atoms with van der Waals surface area (Å²) >= 11 is 0. The molecule has 1 heterocycles. The van der Waals surface area contributed by atoms with Crippen LogP contribution < -0.4 is 5.32 Å². The van der Waals surface area contributed by atoms with Gasteiger partial charge in [0.05, 0.1) is 11.0 Å². The number of rotatable bonds is 8. The van der Waals surface area contributed by atoms with Crippen LogP contribution in [0.5, 0.6) is 0 Å². The summed E-state index contributed by atoms with van der Waals surface area (Å²) in [5.74, 6) is -1.35. The predicted molar refractivity (Wildman–Crippen MR) is 76.4 cm³/mol. The molecule has 1 aromatic heterocycles. The van der Waals surface area contributed by atoms with Crippen molar-refractivity contribution >= 4 is 17.5 Å². The molecule has 0 aliphatic carbocycles. The highest BCUT2D eigenvalue weighted by atomic mass is 16.6. The Morgan fingerprint density at radius 2 is 2.05 bits per heavy atom. The lowest BCUT2D eigenvalue weighted by molar-refractivity contribution is -0.384. The summed E-state index contributed by atoms with van der Waals surface area (Å²) in [6.07, 6.45) is 0.878. The maximum Gasteiger partial charge on any atom is 0.354 e. The Balaban J connectivity index is 2.92. The quantitative estimate of drug-likeness (QED) is 0.494. The zero-order valence-corrected chi connectivity index (χ0v) is 11.9. The number of aromatic carboxylic acids is 1. The highest BCUT2D eigenvalue weighted by Crippen LogP contribution is 2.23. The maximum absolute atomic E-state index is 10.9. The van der Waals surface area contributed by atoms with Gasteiger partial charge in [-0.3, -0.25) is 10.1 Å². The van der Waals surface area contributed by atoms with E-state index in [0.29, 0.717) is 0 Å². The van der Waals surface area contributed by atoms with E-state index in [0.717, 1.165) is 25.0 Å². The average Bonchev–Trinajstić information content (AvgIpc) is 2.45. The van der Waals surface area contributed by atoms with Crippen molar-refractivity contribution in [2.45, 2.75) is 32.8 Å². The van der Waals surface area contributed by atoms with Crippen LogP contribution in [0.4, 0.5) is 11.5 Å². The minimum Gasteiger partial charge on any atom is -0.477 e. The summed E-state index contributed by atoms with van der Waals surface area (Å²) in [6, 6.07) is 2.16. The molecule has 116 valence electrons. The third-order valence-corrected chi connectivity index (χ3v) is 3.36. The van der Waals surface area contributed by atoms with E-state index in [1.54, 1.807) is 0 Å². The van der Waals surface area contributed by atoms with Crippen molar-refractivity contribution in [1.82, 2.24) is 4.98 Å². The van der Waals surface area contributed by atoms with Crippen LogP contribution in [-0.4, -0.2) is 38.7 Å². The lowest BCUT2D eigenvalue weighted by Gasteiger charge is -2.20. The molecule has 0 saturated heterocycles. The number of nitrogens with zero attached hydrogens (tertiary/aromatic N) is 2. The van der Waals surface area contributed by atoms with Gasteiger partial charge in [0.15, 0.2) is 5.69 Å². The highest BCUT2D eigenvalue weighted by molar-refractivity contribution is 5.86. The van der Waals surface area contributed by atoms with Crippen LogP contribution in [0, 0.1) is 16.0 Å². The lowest BCUT2D eigenvalue weighted by atomic mass is 9.96. The van der Waals surface area contributed by atoms with E-state index in [1.807, 2.05) is 13.8 Å². The van der Waals surface area contributed by atoms with Gasteiger partial charge in [0.2, 0.25) is 5.82 Å². The van der Waals surface area contributed by atoms with Gasteiger partial charge in [0.25, 0.3) is 0 Å². The molecule has 1 atom stereocenters. The number of nitro groups is 1. The molecule has 0 amide bonds. The van der Waals surface area contributed by atoms with Crippen LogP contribution in [0.2, 0.25) is 0 Å². The molecule has 21 heavy (non-hydrogen) atoms. The van der Waals surface area contributed by atoms with Gasteiger partial charge >= 0.3 is 11.7 Å². The van der Waals surface area contributed by atoms with Gasteiger partial charge in [0.1, 0.15) is 0 Å². The Hall–Kier alpha value is -2.22. The topological polar surface area (TPSA) is 126 Å². The average molecular weight is 297 g/mol. The fraction of sp³-hybridized carbons (Fsp3) is 0.538. The third-order valence-electron chi connectivity index (χ3n) is 3.36. The van der Waals surface area contributed by atoms with E-state index in [9.17, 15) is 20.0 Å². The summed E-state index contributed by atoms with van der Waals surface area (Å²) in [4.78, 5) is 24.8. The molecule has 0 radical (unpaired) electrons. The Morgan fingerprint density at radius 1 is 1.43 bits per heavy atom. The number of carboxylic acids is 1. The van der Waals surface area contributed by atoms with Crippen molar-refractivity contribution in [2.24, 2.45) is 5.92 Å². The van der Waals surface area contributed by atoms with Crippen LogP contribution in [0.25, 0.3) is 0 Å². The van der Waals surface area contributed by atoms with Crippen LogP contribution in [-0.2, 0) is 0 Å². The van der Waals surface area contributed by atoms with Crippen molar-refractivity contribution in [3.05, 3.63) is 27.9 Å². The number of aliphatic hydroxyl groups is 1. The molecule has 8 nitrogen and oxygen atoms in total. The summed E-state index contributed by atoms with van der Waals surface area (Å²) in [7, 11) is 0. The number of carboxylic acid groups (broad SMARTS) is 1. The second kappa shape index (κ2) is 7.53. The molecule has 0 saturated carbocycles. The van der Waals surface area contributed by atoms with E-state index >= 15 is 0 Å². The van der Waals surface area contributed by atoms with E-state index in [-0.39, 0.29) is 29.7 Å². The standard InChI is InChI=1S/C13H19N3O5/c1-3-8(4-2)11(17)7-14-12-10(16(20)21)6-5-9(15-12)13(18)19/h5-6,8,11,17H,3-4,7H2,1-2H3,(H,14,15)(H,18,19). The molecular formula is C13H19N3O5. The zero-order valence-electron chi connectivity index (χ0n) is 11.9. The second-order valence-electron chi connectivity index (χ2n) is 4.65. The maximum atomic E-state index is 10.9. The van der Waals surface area contributed by atoms with Crippen molar-refractivity contribution in [3.63, 3.8) is 0 Å². The van der Waals surface area contributed by atoms with Crippen molar-refractivity contribution in [1.29, 1.82) is 0 Å². The van der Waals surface area contributed by atoms with Gasteiger partial charge in [-0.25, -0.2) is 9.78 Å². The fourth-order valence-corrected chi connectivity index (χ4v) is 2.05. The second-order valence-corrected chi connectivity index (χ2v) is 4.65. The largest absolute Gasteiger partial charge is 0.477 e. The Bertz CT molecular complexity index is 517. The Kier molecular flexibility index (Phi) is 6.04. The molecule has 1 unspecified atom stereocenters. The van der Waals surface area contributed by atoms with E-state index < -0.39 is 17.0 Å². The summed E-state index contributed by atoms with van der Waals surface area (Å²) in [6.45, 7) is 3.97. The smallest absolute Gasteiger partial charge is 0.354 e. The van der Waals surface area contributed by atoms with E-state index in [2.05, 4.69) is 10.3 Å². The molecular weight excluding hydrogens is 278 g/mol. The molecule has 0 spiro atoms. The van der Waals surface area contributed by atoms with Gasteiger partial charge < -0.3 is 15.5 Å². The van der Waals surface area contributed by atoms with E-state index in [1.165, 1.54) is 0 Å². The Labute approximate surface area is 122 Å². The number of carbonyl (C=O) groups is 1. The lowest BCUT2D eigenvalue weighted by Crippen LogP contribution is -2.28. The number of pyridine rings is 1. The molecule has 0 aliphatic rings. The molecule has 0 aliphatic heterocycles. The van der Waals surface area contributed by atoms with E-state index in [4.69, 9.17) is 5.11 Å². The van der Waals surface area contributed by atoms with Crippen molar-refractivity contribution < 1.29 is 19.9 Å². The normalized spacial score (nSPS) is 12.2. The minimum absolute atomic E-state index is 0.0687. The summed E-state index contributed by atoms with van der Waals surface area (Å²) in [5.41, 5.74) is -0.614. The summed E-state index contributed by atoms with van der Waals surface area (Å²) < 4.78 is 0. The summed E-state index contributed by atoms with van der Waals surface area (Å²) in [5, 5.41) is 32.5. The SMILES string of the molecule is CCC(CC)C(O)CNc1nc(C(=O)O)ccc1[N+](=O)[O-]. The zero-order chi connectivity index (χ0) is 16.0. The molecule has 0 bridgehead atoms. The van der Waals surface area contributed by atoms with Gasteiger partial charge in [-0.05, 0) is 12.0 Å². The molecule has 0 fully saturated rings. The van der Waals surface area contributed by atoms with Crippen LogP contribution in [0.1, 0.15) is 37.2 Å². The fourth-order valence-electron chi connectivity index (χ4n) is 2.05. The van der Waals surface area contributed by atoms with Crippen LogP contribution in [0.3, 0.4) is 0 Å². The van der Waals surface area contributed by atoms with Gasteiger partial charge in [-0.15, -0.1) is 0 Å². The first kappa shape index (κ1) is 16.8. The first-order valence-electron chi connectivity index (χ1n) is 6.71. The van der Waals surface area contributed by atoms with Gasteiger partial charge in [-0.1, -0.05) is 26.7 Å². The molecule has 8 heteroatoms. The predicted octanol–water partition coefficient (Wildman–Crippen LogP) is 1.90. The number of hydrogen-bond acceptors (Lipinski definition) is 6. The molecule has 0 aromatic carbocycles. The third kappa shape index (κ3) is 4.38. The number of aliphatic hydroxyl groups excluding tert-OH is 1. The number of hydrogen-bond donors (Lipinski definition) is 3. The Morgan fingerprint density at radius 3 is 2.52 bits per heavy atom. The first-order chi connectivity index (χ1) is 9.90. The van der Waals surface area contributed by atoms with Gasteiger partial charge in [0, 0.05) is 12.6 Å². The number of anilines is 1. The molecule has 1 aromatic rings. The minimum atomic E-state index is -1.27. The number of nitrogens with one attached hydrogen (secondary N) is 1. The van der Waals surface area contributed by atoms with Crippen molar-refractivity contribution in [2.75, 3.05) is 11.9 Å². The number of aromatic nitrogens is 1. The first-order valence-corrected chi connectivity index (χ1v) is 6.71. The van der Waals surface area contributed by atoms with Crippen LogP contribution in [0.15, 0.2) is 12.1 Å².